The molecule has 0 heterocycles. The standard InChI is InChI=1S/C19H33NOS/c1-2-3-4-8-11-16-22-19-14-13-18(21)17(19)12-9-6-5-7-10-15-20/h17,19H,2-14,16H2,1H3. The zero-order chi connectivity index (χ0) is 16.0. The molecule has 2 atom stereocenters. The maximum atomic E-state index is 12.1. The van der Waals surface area contributed by atoms with Crippen molar-refractivity contribution in [3.63, 3.8) is 0 Å². The van der Waals surface area contributed by atoms with Gasteiger partial charge in [-0.1, -0.05) is 51.9 Å². The molecule has 0 radical (unpaired) electrons. The first kappa shape index (κ1) is 19.6. The van der Waals surface area contributed by atoms with Gasteiger partial charge < -0.3 is 0 Å². The third kappa shape index (κ3) is 8.22. The number of carbonyl (C=O) groups is 1. The summed E-state index contributed by atoms with van der Waals surface area (Å²) >= 11 is 2.06. The molecule has 1 aliphatic rings. The van der Waals surface area contributed by atoms with E-state index in [0.29, 0.717) is 23.4 Å². The molecule has 0 aromatic heterocycles. The van der Waals surface area contributed by atoms with E-state index < -0.39 is 0 Å². The van der Waals surface area contributed by atoms with Crippen molar-refractivity contribution in [1.82, 2.24) is 0 Å². The van der Waals surface area contributed by atoms with Gasteiger partial charge in [0, 0.05) is 24.0 Å². The molecule has 1 saturated carbocycles. The van der Waals surface area contributed by atoms with E-state index in [9.17, 15) is 4.79 Å². The van der Waals surface area contributed by atoms with E-state index in [1.165, 1.54) is 44.3 Å². The number of hydrogen-bond donors (Lipinski definition) is 0. The highest BCUT2D eigenvalue weighted by Gasteiger charge is 2.33. The second-order valence-electron chi connectivity index (χ2n) is 6.55. The van der Waals surface area contributed by atoms with Gasteiger partial charge in [0.25, 0.3) is 0 Å². The summed E-state index contributed by atoms with van der Waals surface area (Å²) in [7, 11) is 0. The van der Waals surface area contributed by atoms with Crippen LogP contribution in [0.5, 0.6) is 0 Å². The van der Waals surface area contributed by atoms with Crippen molar-refractivity contribution >= 4 is 17.5 Å². The molecule has 0 aromatic rings. The molecule has 3 heteroatoms. The van der Waals surface area contributed by atoms with Gasteiger partial charge in [0.2, 0.25) is 0 Å². The molecule has 1 fully saturated rings. The molecule has 0 saturated heterocycles. The Labute approximate surface area is 141 Å². The van der Waals surface area contributed by atoms with E-state index in [2.05, 4.69) is 24.8 Å². The fourth-order valence-corrected chi connectivity index (χ4v) is 4.77. The van der Waals surface area contributed by atoms with Crippen molar-refractivity contribution in [2.45, 2.75) is 95.6 Å². The Morgan fingerprint density at radius 1 is 1.09 bits per heavy atom. The van der Waals surface area contributed by atoms with Gasteiger partial charge in [0.1, 0.15) is 5.78 Å². The van der Waals surface area contributed by atoms with Crippen LogP contribution in [-0.2, 0) is 4.79 Å². The summed E-state index contributed by atoms with van der Waals surface area (Å²) < 4.78 is 0. The zero-order valence-electron chi connectivity index (χ0n) is 14.3. The van der Waals surface area contributed by atoms with Gasteiger partial charge in [-0.05, 0) is 31.4 Å². The van der Waals surface area contributed by atoms with E-state index in [1.54, 1.807) is 0 Å². The molecule has 0 amide bonds. The Bertz CT molecular complexity index is 337. The summed E-state index contributed by atoms with van der Waals surface area (Å²) in [6.45, 7) is 2.25. The van der Waals surface area contributed by atoms with Crippen molar-refractivity contribution in [2.75, 3.05) is 5.75 Å². The van der Waals surface area contributed by atoms with E-state index in [4.69, 9.17) is 5.26 Å². The summed E-state index contributed by atoms with van der Waals surface area (Å²) in [6.07, 6.45) is 14.9. The Morgan fingerprint density at radius 3 is 2.59 bits per heavy atom. The van der Waals surface area contributed by atoms with E-state index >= 15 is 0 Å². The number of ketones is 1. The SMILES string of the molecule is CCCCCCCSC1CCC(=O)C1CCCCCCC#N. The molecule has 2 nitrogen and oxygen atoms in total. The monoisotopic (exact) mass is 323 g/mol. The fraction of sp³-hybridized carbons (Fsp3) is 0.895. The van der Waals surface area contributed by atoms with Gasteiger partial charge in [0.05, 0.1) is 6.07 Å². The minimum Gasteiger partial charge on any atom is -0.299 e. The lowest BCUT2D eigenvalue weighted by molar-refractivity contribution is -0.120. The van der Waals surface area contributed by atoms with E-state index in [-0.39, 0.29) is 0 Å². The zero-order valence-corrected chi connectivity index (χ0v) is 15.1. The lowest BCUT2D eigenvalue weighted by Crippen LogP contribution is -2.17. The molecule has 1 aliphatic carbocycles. The van der Waals surface area contributed by atoms with Crippen LogP contribution in [0.15, 0.2) is 0 Å². The van der Waals surface area contributed by atoms with Crippen molar-refractivity contribution in [2.24, 2.45) is 5.92 Å². The molecular weight excluding hydrogens is 290 g/mol. The average Bonchev–Trinajstić information content (AvgIpc) is 2.87. The molecule has 0 spiro atoms. The smallest absolute Gasteiger partial charge is 0.137 e. The van der Waals surface area contributed by atoms with Gasteiger partial charge >= 0.3 is 0 Å². The van der Waals surface area contributed by atoms with Gasteiger partial charge in [-0.3, -0.25) is 4.79 Å². The Morgan fingerprint density at radius 2 is 1.82 bits per heavy atom. The van der Waals surface area contributed by atoms with E-state index in [0.717, 1.165) is 38.5 Å². The van der Waals surface area contributed by atoms with Crippen LogP contribution in [0.2, 0.25) is 0 Å². The van der Waals surface area contributed by atoms with Crippen LogP contribution in [0.25, 0.3) is 0 Å². The summed E-state index contributed by atoms with van der Waals surface area (Å²) in [5, 5.41) is 9.11. The number of Topliss-reactive ketones (excluding diaryl/α,β-unsaturated/α-hetero) is 1. The van der Waals surface area contributed by atoms with Crippen LogP contribution in [0.3, 0.4) is 0 Å². The number of nitrogens with zero attached hydrogens (tertiary/aromatic N) is 1. The molecule has 2 unspecified atom stereocenters. The Hall–Kier alpha value is -0.490. The van der Waals surface area contributed by atoms with Gasteiger partial charge in [-0.25, -0.2) is 0 Å². The normalized spacial score (nSPS) is 21.2. The molecule has 0 aliphatic heterocycles. The lowest BCUT2D eigenvalue weighted by Gasteiger charge is -2.18. The predicted octanol–water partition coefficient (Wildman–Crippen LogP) is 5.90. The predicted molar refractivity (Wildman–Crippen MR) is 96.1 cm³/mol. The van der Waals surface area contributed by atoms with Crippen LogP contribution in [-0.4, -0.2) is 16.8 Å². The first-order valence-corrected chi connectivity index (χ1v) is 10.4. The number of nitriles is 1. The maximum absolute atomic E-state index is 12.1. The topological polar surface area (TPSA) is 40.9 Å². The molecule has 0 bridgehead atoms. The quantitative estimate of drug-likeness (QED) is 0.396. The second kappa shape index (κ2) is 13.0. The van der Waals surface area contributed by atoms with Crippen LogP contribution in [0.1, 0.15) is 90.4 Å². The van der Waals surface area contributed by atoms with Crippen LogP contribution >= 0.6 is 11.8 Å². The number of rotatable bonds is 13. The van der Waals surface area contributed by atoms with Crippen molar-refractivity contribution in [3.8, 4) is 6.07 Å². The van der Waals surface area contributed by atoms with Crippen molar-refractivity contribution in [3.05, 3.63) is 0 Å². The second-order valence-corrected chi connectivity index (χ2v) is 7.89. The van der Waals surface area contributed by atoms with Crippen LogP contribution in [0, 0.1) is 17.2 Å². The highest BCUT2D eigenvalue weighted by Crippen LogP contribution is 2.36. The molecule has 0 N–H and O–H groups in total. The highest BCUT2D eigenvalue weighted by atomic mass is 32.2. The fourth-order valence-electron chi connectivity index (χ4n) is 3.29. The minimum atomic E-state index is 0.330. The van der Waals surface area contributed by atoms with Gasteiger partial charge in [-0.15, -0.1) is 0 Å². The van der Waals surface area contributed by atoms with Gasteiger partial charge in [-0.2, -0.15) is 17.0 Å². The average molecular weight is 324 g/mol. The van der Waals surface area contributed by atoms with Crippen molar-refractivity contribution in [1.29, 1.82) is 5.26 Å². The summed E-state index contributed by atoms with van der Waals surface area (Å²) in [5.74, 6) is 2.08. The molecule has 1 rings (SSSR count). The molecular formula is C19H33NOS. The first-order valence-electron chi connectivity index (χ1n) is 9.30. The maximum Gasteiger partial charge on any atom is 0.137 e. The third-order valence-corrected chi connectivity index (χ3v) is 6.19. The molecule has 126 valence electrons. The Kier molecular flexibility index (Phi) is 11.6. The largest absolute Gasteiger partial charge is 0.299 e. The van der Waals surface area contributed by atoms with Crippen molar-refractivity contribution < 1.29 is 4.79 Å². The van der Waals surface area contributed by atoms with Crippen LogP contribution in [0.4, 0.5) is 0 Å². The highest BCUT2D eigenvalue weighted by molar-refractivity contribution is 7.99. The minimum absolute atomic E-state index is 0.330. The lowest BCUT2D eigenvalue weighted by atomic mass is 9.98. The van der Waals surface area contributed by atoms with Crippen LogP contribution < -0.4 is 0 Å². The molecule has 22 heavy (non-hydrogen) atoms. The summed E-state index contributed by atoms with van der Waals surface area (Å²) in [4.78, 5) is 12.1. The Balaban J connectivity index is 2.11. The molecule has 0 aromatic carbocycles. The number of thioether (sulfide) groups is 1. The number of hydrogen-bond acceptors (Lipinski definition) is 3. The van der Waals surface area contributed by atoms with Gasteiger partial charge in [0.15, 0.2) is 0 Å². The van der Waals surface area contributed by atoms with E-state index in [1.807, 2.05) is 0 Å². The summed E-state index contributed by atoms with van der Waals surface area (Å²) in [5.41, 5.74) is 0. The number of unbranched alkanes of at least 4 members (excludes halogenated alkanes) is 8. The number of carbonyl (C=O) groups excluding carboxylic acids is 1. The summed E-state index contributed by atoms with van der Waals surface area (Å²) in [6, 6.07) is 2.20. The first-order chi connectivity index (χ1) is 10.8. The third-order valence-electron chi connectivity index (χ3n) is 4.67.